The zero-order valence-electron chi connectivity index (χ0n) is 12.3. The average molecular weight is 316 g/mol. The van der Waals surface area contributed by atoms with E-state index in [1.165, 1.54) is 25.0 Å². The predicted octanol–water partition coefficient (Wildman–Crippen LogP) is 3.98. The van der Waals surface area contributed by atoms with Gasteiger partial charge in [0, 0.05) is 12.6 Å². The molecule has 122 valence electrons. The molecule has 1 saturated carbocycles. The molecule has 2 N–H and O–H groups in total. The minimum atomic E-state index is -4.67. The number of benzene rings is 1. The van der Waals surface area contributed by atoms with Crippen molar-refractivity contribution in [3.63, 3.8) is 0 Å². The smallest absolute Gasteiger partial charge is 0.372 e. The van der Waals surface area contributed by atoms with E-state index in [-0.39, 0.29) is 12.0 Å². The van der Waals surface area contributed by atoms with Gasteiger partial charge in [-0.15, -0.1) is 0 Å². The van der Waals surface area contributed by atoms with E-state index in [0.717, 1.165) is 18.9 Å². The molecule has 6 heteroatoms. The Morgan fingerprint density at radius 2 is 1.91 bits per heavy atom. The van der Waals surface area contributed by atoms with Gasteiger partial charge in [-0.25, -0.2) is 4.39 Å². The number of nitrogens with one attached hydrogen (secondary N) is 2. The summed E-state index contributed by atoms with van der Waals surface area (Å²) in [5.74, 6) is -0.551. The van der Waals surface area contributed by atoms with Crippen molar-refractivity contribution in [2.24, 2.45) is 0 Å². The standard InChI is InChI=1S/C16H20F4N2/c1-11(22-13-6-2-3-7-13)21-10-9-12-5-4-8-14(15(12)17)16(18,19)20/h4-5,8,13,21-22H,1-3,6-7,9-10H2. The van der Waals surface area contributed by atoms with Crippen LogP contribution in [0.15, 0.2) is 30.6 Å². The Hall–Kier alpha value is -1.72. The number of halogens is 4. The fraction of sp³-hybridized carbons (Fsp3) is 0.500. The highest BCUT2D eigenvalue weighted by Gasteiger charge is 2.34. The second-order valence-electron chi connectivity index (χ2n) is 5.56. The molecule has 0 amide bonds. The van der Waals surface area contributed by atoms with Crippen molar-refractivity contribution >= 4 is 0 Å². The second kappa shape index (κ2) is 7.03. The van der Waals surface area contributed by atoms with Gasteiger partial charge < -0.3 is 10.6 Å². The summed E-state index contributed by atoms with van der Waals surface area (Å²) in [4.78, 5) is 0. The first kappa shape index (κ1) is 16.6. The molecule has 1 aliphatic carbocycles. The van der Waals surface area contributed by atoms with E-state index in [1.807, 2.05) is 0 Å². The van der Waals surface area contributed by atoms with Crippen LogP contribution < -0.4 is 10.6 Å². The van der Waals surface area contributed by atoms with Crippen LogP contribution >= 0.6 is 0 Å². The van der Waals surface area contributed by atoms with Crippen LogP contribution in [0.4, 0.5) is 17.6 Å². The SMILES string of the molecule is C=C(NCCc1cccc(C(F)(F)F)c1F)NC1CCCC1. The van der Waals surface area contributed by atoms with Crippen molar-refractivity contribution < 1.29 is 17.6 Å². The molecule has 0 spiro atoms. The van der Waals surface area contributed by atoms with Crippen molar-refractivity contribution in [2.75, 3.05) is 6.54 Å². The van der Waals surface area contributed by atoms with Crippen molar-refractivity contribution in [3.8, 4) is 0 Å². The molecule has 22 heavy (non-hydrogen) atoms. The highest BCUT2D eigenvalue weighted by Crippen LogP contribution is 2.32. The van der Waals surface area contributed by atoms with Crippen LogP contribution in [0, 0.1) is 5.82 Å². The van der Waals surface area contributed by atoms with Crippen LogP contribution in [0.2, 0.25) is 0 Å². The summed E-state index contributed by atoms with van der Waals surface area (Å²) in [6, 6.07) is 3.77. The highest BCUT2D eigenvalue weighted by atomic mass is 19.4. The van der Waals surface area contributed by atoms with Gasteiger partial charge >= 0.3 is 6.18 Å². The summed E-state index contributed by atoms with van der Waals surface area (Å²) in [6.45, 7) is 4.16. The first-order valence-electron chi connectivity index (χ1n) is 7.42. The van der Waals surface area contributed by atoms with Crippen LogP contribution in [0.25, 0.3) is 0 Å². The average Bonchev–Trinajstić information content (AvgIpc) is 2.92. The van der Waals surface area contributed by atoms with Gasteiger partial charge in [0.15, 0.2) is 0 Å². The normalized spacial score (nSPS) is 15.8. The number of hydrogen-bond donors (Lipinski definition) is 2. The Balaban J connectivity index is 1.85. The van der Waals surface area contributed by atoms with Gasteiger partial charge in [-0.2, -0.15) is 13.2 Å². The third-order valence-corrected chi connectivity index (χ3v) is 3.85. The van der Waals surface area contributed by atoms with Gasteiger partial charge in [0.1, 0.15) is 5.82 Å². The fourth-order valence-corrected chi connectivity index (χ4v) is 2.71. The quantitative estimate of drug-likeness (QED) is 0.776. The second-order valence-corrected chi connectivity index (χ2v) is 5.56. The predicted molar refractivity (Wildman–Crippen MR) is 77.6 cm³/mol. The third-order valence-electron chi connectivity index (χ3n) is 3.85. The van der Waals surface area contributed by atoms with Crippen LogP contribution in [-0.4, -0.2) is 12.6 Å². The number of rotatable bonds is 6. The van der Waals surface area contributed by atoms with Crippen molar-refractivity contribution in [1.82, 2.24) is 10.6 Å². The molecular weight excluding hydrogens is 296 g/mol. The zero-order chi connectivity index (χ0) is 16.2. The lowest BCUT2D eigenvalue weighted by atomic mass is 10.1. The molecule has 1 aromatic rings. The molecule has 1 aliphatic rings. The summed E-state index contributed by atoms with van der Waals surface area (Å²) >= 11 is 0. The van der Waals surface area contributed by atoms with E-state index in [2.05, 4.69) is 17.2 Å². The summed E-state index contributed by atoms with van der Waals surface area (Å²) in [5, 5.41) is 6.23. The lowest BCUT2D eigenvalue weighted by molar-refractivity contribution is -0.140. The lowest BCUT2D eigenvalue weighted by Crippen LogP contribution is -2.33. The topological polar surface area (TPSA) is 24.1 Å². The molecule has 1 aromatic carbocycles. The van der Waals surface area contributed by atoms with E-state index in [1.54, 1.807) is 0 Å². The maximum absolute atomic E-state index is 13.8. The van der Waals surface area contributed by atoms with Crippen molar-refractivity contribution in [1.29, 1.82) is 0 Å². The Kier molecular flexibility index (Phi) is 5.32. The fourth-order valence-electron chi connectivity index (χ4n) is 2.71. The molecular formula is C16H20F4N2. The maximum atomic E-state index is 13.8. The molecule has 2 rings (SSSR count). The minimum Gasteiger partial charge on any atom is -0.372 e. The maximum Gasteiger partial charge on any atom is 0.419 e. The van der Waals surface area contributed by atoms with Crippen molar-refractivity contribution in [2.45, 2.75) is 44.3 Å². The number of alkyl halides is 3. The molecule has 0 atom stereocenters. The van der Waals surface area contributed by atoms with Gasteiger partial charge in [-0.3, -0.25) is 0 Å². The van der Waals surface area contributed by atoms with Gasteiger partial charge in [0.05, 0.1) is 11.4 Å². The molecule has 0 radical (unpaired) electrons. The Bertz CT molecular complexity index is 519. The summed E-state index contributed by atoms with van der Waals surface area (Å²) in [7, 11) is 0. The third kappa shape index (κ3) is 4.39. The van der Waals surface area contributed by atoms with E-state index in [4.69, 9.17) is 0 Å². The summed E-state index contributed by atoms with van der Waals surface area (Å²) < 4.78 is 51.7. The van der Waals surface area contributed by atoms with Crippen LogP contribution in [-0.2, 0) is 12.6 Å². The van der Waals surface area contributed by atoms with E-state index >= 15 is 0 Å². The van der Waals surface area contributed by atoms with E-state index in [9.17, 15) is 17.6 Å². The van der Waals surface area contributed by atoms with Crippen molar-refractivity contribution in [3.05, 3.63) is 47.5 Å². The molecule has 0 unspecified atom stereocenters. The van der Waals surface area contributed by atoms with Crippen LogP contribution in [0.5, 0.6) is 0 Å². The molecule has 0 aliphatic heterocycles. The van der Waals surface area contributed by atoms with Gasteiger partial charge in [-0.1, -0.05) is 31.6 Å². The van der Waals surface area contributed by atoms with Gasteiger partial charge in [0.25, 0.3) is 0 Å². The highest BCUT2D eigenvalue weighted by molar-refractivity contribution is 5.28. The molecule has 2 nitrogen and oxygen atoms in total. The monoisotopic (exact) mass is 316 g/mol. The van der Waals surface area contributed by atoms with Gasteiger partial charge in [-0.05, 0) is 30.9 Å². The Morgan fingerprint density at radius 3 is 2.55 bits per heavy atom. The van der Waals surface area contributed by atoms with E-state index in [0.29, 0.717) is 18.4 Å². The zero-order valence-corrected chi connectivity index (χ0v) is 12.3. The van der Waals surface area contributed by atoms with E-state index < -0.39 is 17.6 Å². The first-order valence-corrected chi connectivity index (χ1v) is 7.42. The molecule has 0 saturated heterocycles. The summed E-state index contributed by atoms with van der Waals surface area (Å²) in [6.07, 6.45) is 0.0922. The molecule has 0 aromatic heterocycles. The molecule has 1 fully saturated rings. The lowest BCUT2D eigenvalue weighted by Gasteiger charge is -2.17. The number of hydrogen-bond acceptors (Lipinski definition) is 2. The first-order chi connectivity index (χ1) is 10.4. The van der Waals surface area contributed by atoms with Crippen LogP contribution in [0.1, 0.15) is 36.8 Å². The summed E-state index contributed by atoms with van der Waals surface area (Å²) in [5.41, 5.74) is -1.16. The Labute approximate surface area is 127 Å². The van der Waals surface area contributed by atoms with Crippen LogP contribution in [0.3, 0.4) is 0 Å². The minimum absolute atomic E-state index is 0.0518. The Morgan fingerprint density at radius 1 is 1.23 bits per heavy atom. The molecule has 0 bridgehead atoms. The van der Waals surface area contributed by atoms with Gasteiger partial charge in [0.2, 0.25) is 0 Å². The largest absolute Gasteiger partial charge is 0.419 e. The molecule has 0 heterocycles.